The number of ether oxygens (including phenoxy) is 1. The minimum Gasteiger partial charge on any atom is -0.445 e. The van der Waals surface area contributed by atoms with Crippen molar-refractivity contribution in [3.05, 3.63) is 35.9 Å². The van der Waals surface area contributed by atoms with E-state index in [4.69, 9.17) is 4.74 Å². The summed E-state index contributed by atoms with van der Waals surface area (Å²) in [4.78, 5) is 13.8. The fourth-order valence-corrected chi connectivity index (χ4v) is 5.32. The van der Waals surface area contributed by atoms with Crippen LogP contribution in [0.5, 0.6) is 0 Å². The van der Waals surface area contributed by atoms with Crippen molar-refractivity contribution in [2.75, 3.05) is 32.7 Å². The summed E-state index contributed by atoms with van der Waals surface area (Å²) in [5.74, 6) is 0. The van der Waals surface area contributed by atoms with Crippen LogP contribution < -0.4 is 0 Å². The van der Waals surface area contributed by atoms with Gasteiger partial charge >= 0.3 is 6.09 Å². The third-order valence-corrected chi connectivity index (χ3v) is 7.22. The molecule has 0 saturated carbocycles. The Morgan fingerprint density at radius 2 is 1.77 bits per heavy atom. The normalized spacial score (nSPS) is 23.0. The summed E-state index contributed by atoms with van der Waals surface area (Å²) in [6.07, 6.45) is 2.51. The molecule has 0 bridgehead atoms. The van der Waals surface area contributed by atoms with Crippen LogP contribution in [0, 0.1) is 0 Å². The fourth-order valence-electron chi connectivity index (χ4n) is 3.47. The molecular weight excluding hydrogens is 354 g/mol. The Balaban J connectivity index is 1.51. The minimum atomic E-state index is -3.45. The molecule has 1 unspecified atom stereocenters. The van der Waals surface area contributed by atoms with Crippen LogP contribution in [0.3, 0.4) is 0 Å². The van der Waals surface area contributed by atoms with Gasteiger partial charge in [-0.3, -0.25) is 0 Å². The highest BCUT2D eigenvalue weighted by Gasteiger charge is 2.36. The van der Waals surface area contributed by atoms with Gasteiger partial charge in [0.15, 0.2) is 0 Å². The molecule has 0 N–H and O–H groups in total. The third kappa shape index (κ3) is 4.36. The average Bonchev–Trinajstić information content (AvgIpc) is 2.67. The highest BCUT2D eigenvalue weighted by Crippen LogP contribution is 2.23. The second kappa shape index (κ2) is 8.37. The predicted octanol–water partition coefficient (Wildman–Crippen LogP) is 2.06. The van der Waals surface area contributed by atoms with E-state index in [1.165, 1.54) is 4.31 Å². The number of carbonyl (C=O) groups excluding carboxylic acids is 1. The lowest BCUT2D eigenvalue weighted by Crippen LogP contribution is -2.56. The summed E-state index contributed by atoms with van der Waals surface area (Å²) in [5, 5.41) is 0. The zero-order valence-electron chi connectivity index (χ0n) is 15.2. The molecule has 1 atom stereocenters. The largest absolute Gasteiger partial charge is 0.445 e. The van der Waals surface area contributed by atoms with E-state index in [0.29, 0.717) is 32.7 Å². The maximum Gasteiger partial charge on any atom is 0.410 e. The molecule has 0 aromatic heterocycles. The number of hydrogen-bond acceptors (Lipinski definition) is 4. The first kappa shape index (κ1) is 19.1. The molecule has 2 aliphatic rings. The highest BCUT2D eigenvalue weighted by molar-refractivity contribution is 7.86. The zero-order valence-corrected chi connectivity index (χ0v) is 16.0. The van der Waals surface area contributed by atoms with Gasteiger partial charge in [0.2, 0.25) is 0 Å². The summed E-state index contributed by atoms with van der Waals surface area (Å²) in [6.45, 7) is 4.11. The van der Waals surface area contributed by atoms with Crippen LogP contribution in [-0.4, -0.2) is 66.8 Å². The lowest BCUT2D eigenvalue weighted by Gasteiger charge is -2.39. The first-order valence-corrected chi connectivity index (χ1v) is 10.6. The van der Waals surface area contributed by atoms with E-state index in [2.05, 4.69) is 0 Å². The van der Waals surface area contributed by atoms with E-state index in [9.17, 15) is 13.2 Å². The van der Waals surface area contributed by atoms with Gasteiger partial charge in [0.25, 0.3) is 10.2 Å². The van der Waals surface area contributed by atoms with Crippen molar-refractivity contribution in [3.63, 3.8) is 0 Å². The number of piperazine rings is 1. The van der Waals surface area contributed by atoms with Crippen LogP contribution >= 0.6 is 0 Å². The van der Waals surface area contributed by atoms with Crippen LogP contribution in [0.1, 0.15) is 31.7 Å². The van der Waals surface area contributed by atoms with E-state index in [1.807, 2.05) is 37.3 Å². The van der Waals surface area contributed by atoms with Crippen LogP contribution in [-0.2, 0) is 21.6 Å². The molecule has 7 nitrogen and oxygen atoms in total. The Morgan fingerprint density at radius 1 is 1.08 bits per heavy atom. The molecule has 2 saturated heterocycles. The molecule has 26 heavy (non-hydrogen) atoms. The first-order chi connectivity index (χ1) is 12.5. The van der Waals surface area contributed by atoms with E-state index in [0.717, 1.165) is 24.8 Å². The SMILES string of the molecule is CC1CCCCN1S(=O)(=O)N1CCN(C(=O)OCc2ccccc2)CC1. The molecule has 2 fully saturated rings. The van der Waals surface area contributed by atoms with Crippen molar-refractivity contribution in [1.82, 2.24) is 13.5 Å². The summed E-state index contributed by atoms with van der Waals surface area (Å²) < 4.78 is 34.1. The van der Waals surface area contributed by atoms with Crippen LogP contribution in [0.4, 0.5) is 4.79 Å². The molecule has 8 heteroatoms. The lowest BCUT2D eigenvalue weighted by molar-refractivity contribution is 0.0824. The number of hydrogen-bond donors (Lipinski definition) is 0. The molecule has 0 spiro atoms. The molecular formula is C18H27N3O4S. The minimum absolute atomic E-state index is 0.0441. The van der Waals surface area contributed by atoms with Gasteiger partial charge in [0.1, 0.15) is 6.61 Å². The number of piperidine rings is 1. The lowest BCUT2D eigenvalue weighted by atomic mass is 10.1. The van der Waals surface area contributed by atoms with Crippen molar-refractivity contribution < 1.29 is 17.9 Å². The van der Waals surface area contributed by atoms with Gasteiger partial charge in [-0.05, 0) is 25.3 Å². The summed E-state index contributed by atoms with van der Waals surface area (Å²) >= 11 is 0. The number of nitrogens with zero attached hydrogens (tertiary/aromatic N) is 3. The van der Waals surface area contributed by atoms with Gasteiger partial charge in [0.05, 0.1) is 0 Å². The second-order valence-corrected chi connectivity index (χ2v) is 8.77. The number of rotatable bonds is 4. The maximum absolute atomic E-state index is 12.9. The van der Waals surface area contributed by atoms with Gasteiger partial charge in [-0.15, -0.1) is 0 Å². The van der Waals surface area contributed by atoms with E-state index in [-0.39, 0.29) is 12.6 Å². The molecule has 2 aliphatic heterocycles. The van der Waals surface area contributed by atoms with E-state index >= 15 is 0 Å². The zero-order chi connectivity index (χ0) is 18.6. The highest BCUT2D eigenvalue weighted by atomic mass is 32.2. The molecule has 2 heterocycles. The summed E-state index contributed by atoms with van der Waals surface area (Å²) in [5.41, 5.74) is 0.932. The molecule has 0 radical (unpaired) electrons. The van der Waals surface area contributed by atoms with Crippen molar-refractivity contribution in [3.8, 4) is 0 Å². The Hall–Kier alpha value is -1.64. The van der Waals surface area contributed by atoms with Gasteiger partial charge < -0.3 is 9.64 Å². The standard InChI is InChI=1S/C18H27N3O4S/c1-16-7-5-6-10-21(16)26(23,24)20-13-11-19(12-14-20)18(22)25-15-17-8-3-2-4-9-17/h2-4,8-9,16H,5-7,10-15H2,1H3. The van der Waals surface area contributed by atoms with Gasteiger partial charge in [-0.25, -0.2) is 4.79 Å². The molecule has 3 rings (SSSR count). The average molecular weight is 381 g/mol. The van der Waals surface area contributed by atoms with E-state index < -0.39 is 16.3 Å². The quantitative estimate of drug-likeness (QED) is 0.800. The van der Waals surface area contributed by atoms with Crippen molar-refractivity contribution in [1.29, 1.82) is 0 Å². The van der Waals surface area contributed by atoms with E-state index in [1.54, 1.807) is 9.21 Å². The van der Waals surface area contributed by atoms with Gasteiger partial charge in [-0.1, -0.05) is 36.8 Å². The van der Waals surface area contributed by atoms with Gasteiger partial charge in [0, 0.05) is 38.8 Å². The Morgan fingerprint density at radius 3 is 2.42 bits per heavy atom. The first-order valence-electron chi connectivity index (χ1n) is 9.21. The molecule has 1 amide bonds. The maximum atomic E-state index is 12.9. The predicted molar refractivity (Wildman–Crippen MR) is 98.7 cm³/mol. The number of benzene rings is 1. The summed E-state index contributed by atoms with van der Waals surface area (Å²) in [6, 6.07) is 9.55. The summed E-state index contributed by atoms with van der Waals surface area (Å²) in [7, 11) is -3.45. The van der Waals surface area contributed by atoms with Gasteiger partial charge in [-0.2, -0.15) is 17.0 Å². The third-order valence-electron chi connectivity index (χ3n) is 5.07. The van der Waals surface area contributed by atoms with Crippen molar-refractivity contribution in [2.24, 2.45) is 0 Å². The monoisotopic (exact) mass is 381 g/mol. The van der Waals surface area contributed by atoms with Crippen LogP contribution in [0.15, 0.2) is 30.3 Å². The Bertz CT molecular complexity index is 702. The smallest absolute Gasteiger partial charge is 0.410 e. The van der Waals surface area contributed by atoms with Crippen molar-refractivity contribution >= 4 is 16.3 Å². The topological polar surface area (TPSA) is 70.2 Å². The van der Waals surface area contributed by atoms with Crippen LogP contribution in [0.2, 0.25) is 0 Å². The van der Waals surface area contributed by atoms with Crippen molar-refractivity contribution in [2.45, 2.75) is 38.8 Å². The number of carbonyl (C=O) groups is 1. The Kier molecular flexibility index (Phi) is 6.16. The Labute approximate surface area is 155 Å². The number of amides is 1. The molecule has 1 aromatic carbocycles. The molecule has 144 valence electrons. The molecule has 1 aromatic rings. The molecule has 0 aliphatic carbocycles. The second-order valence-electron chi connectivity index (χ2n) is 6.89. The fraction of sp³-hybridized carbons (Fsp3) is 0.611. The van der Waals surface area contributed by atoms with Crippen LogP contribution in [0.25, 0.3) is 0 Å².